The number of rotatable bonds is 4. The molecule has 1 saturated heterocycles. The number of ether oxygens (including phenoxy) is 1. The zero-order chi connectivity index (χ0) is 16.9. The van der Waals surface area contributed by atoms with Gasteiger partial charge in [-0.25, -0.2) is 14.2 Å². The lowest BCUT2D eigenvalue weighted by molar-refractivity contribution is 0.0600. The molecule has 2 heterocycles. The molecular formula is C19H27FN2O2. The number of nitrogens with zero attached hydrogens (tertiary/aromatic N) is 2. The van der Waals surface area contributed by atoms with Crippen molar-refractivity contribution in [1.82, 2.24) is 4.98 Å². The number of anilines is 1. The number of esters is 1. The minimum absolute atomic E-state index is 0.225. The molecule has 2 aliphatic rings. The Labute approximate surface area is 143 Å². The summed E-state index contributed by atoms with van der Waals surface area (Å²) in [5.74, 6) is 1.20. The molecule has 1 aliphatic carbocycles. The van der Waals surface area contributed by atoms with E-state index in [9.17, 15) is 9.18 Å². The molecule has 4 nitrogen and oxygen atoms in total. The SMILES string of the molecule is COC(=O)c1cc(F)cnc1N1CCC(CC2CCCCC2)CC1. The first kappa shape index (κ1) is 17.2. The second kappa shape index (κ2) is 7.95. The van der Waals surface area contributed by atoms with Gasteiger partial charge in [-0.15, -0.1) is 0 Å². The van der Waals surface area contributed by atoms with E-state index >= 15 is 0 Å². The fourth-order valence-electron chi connectivity index (χ4n) is 4.22. The number of methoxy groups -OCH3 is 1. The van der Waals surface area contributed by atoms with Gasteiger partial charge < -0.3 is 9.64 Å². The second-order valence-corrected chi connectivity index (χ2v) is 7.19. The molecule has 0 radical (unpaired) electrons. The van der Waals surface area contributed by atoms with Gasteiger partial charge in [-0.1, -0.05) is 32.1 Å². The van der Waals surface area contributed by atoms with Crippen molar-refractivity contribution in [2.75, 3.05) is 25.1 Å². The molecule has 5 heteroatoms. The monoisotopic (exact) mass is 334 g/mol. The third kappa shape index (κ3) is 4.05. The molecule has 1 aliphatic heterocycles. The van der Waals surface area contributed by atoms with Gasteiger partial charge in [0.1, 0.15) is 17.2 Å². The maximum absolute atomic E-state index is 13.4. The molecule has 0 N–H and O–H groups in total. The van der Waals surface area contributed by atoms with Crippen LogP contribution in [0.1, 0.15) is 61.7 Å². The zero-order valence-electron chi connectivity index (χ0n) is 14.5. The largest absolute Gasteiger partial charge is 0.465 e. The molecule has 0 bridgehead atoms. The number of hydrogen-bond acceptors (Lipinski definition) is 4. The van der Waals surface area contributed by atoms with E-state index in [-0.39, 0.29) is 5.56 Å². The fraction of sp³-hybridized carbons (Fsp3) is 0.684. The predicted octanol–water partition coefficient (Wildman–Crippen LogP) is 4.19. The van der Waals surface area contributed by atoms with E-state index in [1.807, 2.05) is 0 Å². The standard InChI is InChI=1S/C19H27FN2O2/c1-24-19(23)17-12-16(20)13-21-18(17)22-9-7-15(8-10-22)11-14-5-3-2-4-6-14/h12-15H,2-11H2,1H3. The van der Waals surface area contributed by atoms with E-state index in [1.165, 1.54) is 57.9 Å². The second-order valence-electron chi connectivity index (χ2n) is 7.19. The average molecular weight is 334 g/mol. The smallest absolute Gasteiger partial charge is 0.341 e. The highest BCUT2D eigenvalue weighted by Crippen LogP contribution is 2.34. The van der Waals surface area contributed by atoms with Crippen molar-refractivity contribution >= 4 is 11.8 Å². The van der Waals surface area contributed by atoms with Gasteiger partial charge in [0.15, 0.2) is 0 Å². The highest BCUT2D eigenvalue weighted by Gasteiger charge is 2.26. The third-order valence-electron chi connectivity index (χ3n) is 5.54. The van der Waals surface area contributed by atoms with E-state index in [1.54, 1.807) is 0 Å². The molecule has 1 saturated carbocycles. The number of carbonyl (C=O) groups is 1. The van der Waals surface area contributed by atoms with Gasteiger partial charge in [-0.3, -0.25) is 0 Å². The van der Waals surface area contributed by atoms with Crippen molar-refractivity contribution in [3.8, 4) is 0 Å². The number of aromatic nitrogens is 1. The fourth-order valence-corrected chi connectivity index (χ4v) is 4.22. The zero-order valence-corrected chi connectivity index (χ0v) is 14.5. The number of hydrogen-bond donors (Lipinski definition) is 0. The minimum atomic E-state index is -0.527. The molecule has 0 atom stereocenters. The van der Waals surface area contributed by atoms with Gasteiger partial charge in [-0.2, -0.15) is 0 Å². The molecule has 1 aromatic rings. The van der Waals surface area contributed by atoms with Crippen LogP contribution in [-0.2, 0) is 4.74 Å². The van der Waals surface area contributed by atoms with Crippen LogP contribution >= 0.6 is 0 Å². The summed E-state index contributed by atoms with van der Waals surface area (Å²) in [7, 11) is 1.31. The number of carbonyl (C=O) groups excluding carboxylic acids is 1. The lowest BCUT2D eigenvalue weighted by Crippen LogP contribution is -2.36. The predicted molar refractivity (Wildman–Crippen MR) is 91.7 cm³/mol. The van der Waals surface area contributed by atoms with Gasteiger partial charge >= 0.3 is 5.97 Å². The number of halogens is 1. The lowest BCUT2D eigenvalue weighted by Gasteiger charge is -2.35. The maximum Gasteiger partial charge on any atom is 0.341 e. The van der Waals surface area contributed by atoms with Crippen molar-refractivity contribution in [3.63, 3.8) is 0 Å². The number of piperidine rings is 1. The molecule has 0 unspecified atom stereocenters. The normalized spacial score (nSPS) is 20.2. The molecule has 3 rings (SSSR count). The molecular weight excluding hydrogens is 307 g/mol. The van der Waals surface area contributed by atoms with Crippen LogP contribution in [0.4, 0.5) is 10.2 Å². The van der Waals surface area contributed by atoms with Gasteiger partial charge in [0.25, 0.3) is 0 Å². The quantitative estimate of drug-likeness (QED) is 0.774. The third-order valence-corrected chi connectivity index (χ3v) is 5.54. The molecule has 24 heavy (non-hydrogen) atoms. The first-order valence-electron chi connectivity index (χ1n) is 9.16. The summed E-state index contributed by atoms with van der Waals surface area (Å²) >= 11 is 0. The molecule has 0 spiro atoms. The van der Waals surface area contributed by atoms with Gasteiger partial charge in [0.05, 0.1) is 13.3 Å². The maximum atomic E-state index is 13.4. The highest BCUT2D eigenvalue weighted by molar-refractivity contribution is 5.94. The van der Waals surface area contributed by atoms with Crippen molar-refractivity contribution < 1.29 is 13.9 Å². The Balaban J connectivity index is 1.61. The van der Waals surface area contributed by atoms with Crippen LogP contribution in [0.5, 0.6) is 0 Å². The van der Waals surface area contributed by atoms with Crippen molar-refractivity contribution in [3.05, 3.63) is 23.6 Å². The average Bonchev–Trinajstić information content (AvgIpc) is 2.62. The van der Waals surface area contributed by atoms with E-state index in [0.29, 0.717) is 5.82 Å². The Morgan fingerprint density at radius 2 is 1.88 bits per heavy atom. The lowest BCUT2D eigenvalue weighted by atomic mass is 9.80. The first-order valence-corrected chi connectivity index (χ1v) is 9.16. The van der Waals surface area contributed by atoms with Crippen LogP contribution in [0.15, 0.2) is 12.3 Å². The summed E-state index contributed by atoms with van der Waals surface area (Å²) in [5.41, 5.74) is 0.225. The van der Waals surface area contributed by atoms with Crippen LogP contribution in [-0.4, -0.2) is 31.2 Å². The molecule has 1 aromatic heterocycles. The van der Waals surface area contributed by atoms with Crippen LogP contribution < -0.4 is 4.90 Å². The molecule has 2 fully saturated rings. The van der Waals surface area contributed by atoms with Crippen LogP contribution in [0, 0.1) is 17.7 Å². The van der Waals surface area contributed by atoms with Crippen LogP contribution in [0.3, 0.4) is 0 Å². The summed E-state index contributed by atoms with van der Waals surface area (Å²) < 4.78 is 18.2. The van der Waals surface area contributed by atoms with E-state index in [0.717, 1.165) is 37.8 Å². The Morgan fingerprint density at radius 1 is 1.21 bits per heavy atom. The van der Waals surface area contributed by atoms with Crippen LogP contribution in [0.25, 0.3) is 0 Å². The summed E-state index contributed by atoms with van der Waals surface area (Å²) in [6.07, 6.45) is 11.7. The minimum Gasteiger partial charge on any atom is -0.465 e. The van der Waals surface area contributed by atoms with Gasteiger partial charge in [0, 0.05) is 13.1 Å². The van der Waals surface area contributed by atoms with Gasteiger partial charge in [-0.05, 0) is 37.2 Å². The topological polar surface area (TPSA) is 42.4 Å². The van der Waals surface area contributed by atoms with Crippen molar-refractivity contribution in [2.45, 2.75) is 51.4 Å². The van der Waals surface area contributed by atoms with E-state index < -0.39 is 11.8 Å². The Morgan fingerprint density at radius 3 is 2.54 bits per heavy atom. The summed E-state index contributed by atoms with van der Waals surface area (Å²) in [5, 5.41) is 0. The van der Waals surface area contributed by atoms with E-state index in [2.05, 4.69) is 9.88 Å². The van der Waals surface area contributed by atoms with Crippen LogP contribution in [0.2, 0.25) is 0 Å². The van der Waals surface area contributed by atoms with E-state index in [4.69, 9.17) is 4.74 Å². The highest BCUT2D eigenvalue weighted by atomic mass is 19.1. The van der Waals surface area contributed by atoms with Gasteiger partial charge in [0.2, 0.25) is 0 Å². The Hall–Kier alpha value is -1.65. The molecule has 0 amide bonds. The van der Waals surface area contributed by atoms with Crippen molar-refractivity contribution in [2.24, 2.45) is 11.8 Å². The first-order chi connectivity index (χ1) is 11.7. The molecule has 132 valence electrons. The summed E-state index contributed by atoms with van der Waals surface area (Å²) in [4.78, 5) is 18.2. The summed E-state index contributed by atoms with van der Waals surface area (Å²) in [6.45, 7) is 1.75. The Kier molecular flexibility index (Phi) is 5.69. The Bertz CT molecular complexity index is 564. The molecule has 0 aromatic carbocycles. The number of pyridine rings is 1. The van der Waals surface area contributed by atoms with Crippen molar-refractivity contribution in [1.29, 1.82) is 0 Å². The summed E-state index contributed by atoms with van der Waals surface area (Å²) in [6, 6.07) is 1.22.